The number of halogens is 1. The standard InChI is InChI=1S/C19H15BrN4O2/c20-13-6-4-12(5-7-13)15-17(9-21,10-22)18(11-23)14-3-1-2-8-19(14,25-15)26-16(18)24/h4-7,14-15,24H,1-3,8H2/t14-,15-,18+,19-/m1/s1. The van der Waals surface area contributed by atoms with Crippen LogP contribution in [-0.2, 0) is 9.47 Å². The number of hydrogen-bond donors (Lipinski definition) is 1. The monoisotopic (exact) mass is 410 g/mol. The lowest BCUT2D eigenvalue weighted by Crippen LogP contribution is -2.60. The minimum atomic E-state index is -1.85. The normalized spacial score (nSPS) is 36.8. The maximum atomic E-state index is 10.1. The first-order valence-corrected chi connectivity index (χ1v) is 9.24. The van der Waals surface area contributed by atoms with E-state index >= 15 is 0 Å². The number of nitriles is 3. The summed E-state index contributed by atoms with van der Waals surface area (Å²) in [6.45, 7) is 0. The molecule has 2 saturated heterocycles. The van der Waals surface area contributed by atoms with Gasteiger partial charge >= 0.3 is 0 Å². The highest BCUT2D eigenvalue weighted by molar-refractivity contribution is 9.10. The fourth-order valence-corrected chi connectivity index (χ4v) is 5.06. The molecule has 2 bridgehead atoms. The molecule has 1 N–H and O–H groups in total. The Hall–Kier alpha value is -2.40. The molecule has 0 aromatic heterocycles. The Morgan fingerprint density at radius 1 is 1.08 bits per heavy atom. The van der Waals surface area contributed by atoms with E-state index in [4.69, 9.17) is 14.9 Å². The second-order valence-electron chi connectivity index (χ2n) is 7.04. The SMILES string of the molecule is N#CC1(C#N)[C@@H](c2ccc(Br)cc2)O[C@@]23CCCC[C@@H]2[C@@]1(C#N)C(=N)O3. The molecule has 3 aliphatic rings. The molecule has 4 rings (SSSR count). The van der Waals surface area contributed by atoms with Gasteiger partial charge in [0.25, 0.3) is 0 Å². The van der Waals surface area contributed by atoms with Crippen LogP contribution in [0.4, 0.5) is 0 Å². The fourth-order valence-electron chi connectivity index (χ4n) is 4.80. The van der Waals surface area contributed by atoms with Crippen LogP contribution in [-0.4, -0.2) is 11.7 Å². The summed E-state index contributed by atoms with van der Waals surface area (Å²) in [6.07, 6.45) is 1.87. The maximum absolute atomic E-state index is 10.1. The highest BCUT2D eigenvalue weighted by Crippen LogP contribution is 2.69. The van der Waals surface area contributed by atoms with E-state index in [9.17, 15) is 15.8 Å². The van der Waals surface area contributed by atoms with Crippen LogP contribution in [0.25, 0.3) is 0 Å². The summed E-state index contributed by atoms with van der Waals surface area (Å²) in [4.78, 5) is 0. The van der Waals surface area contributed by atoms with Gasteiger partial charge in [-0.1, -0.05) is 34.5 Å². The van der Waals surface area contributed by atoms with Gasteiger partial charge < -0.3 is 9.47 Å². The lowest BCUT2D eigenvalue weighted by atomic mass is 9.51. The van der Waals surface area contributed by atoms with Crippen LogP contribution in [0.15, 0.2) is 28.7 Å². The van der Waals surface area contributed by atoms with Crippen LogP contribution in [0.5, 0.6) is 0 Å². The van der Waals surface area contributed by atoms with Crippen molar-refractivity contribution in [3.05, 3.63) is 34.3 Å². The third-order valence-electron chi connectivity index (χ3n) is 5.99. The molecule has 2 heterocycles. The minimum absolute atomic E-state index is 0.311. The van der Waals surface area contributed by atoms with Crippen molar-refractivity contribution in [2.24, 2.45) is 16.7 Å². The van der Waals surface area contributed by atoms with Crippen molar-refractivity contribution < 1.29 is 9.47 Å². The molecule has 0 unspecified atom stereocenters. The molecule has 1 aliphatic carbocycles. The molecule has 7 heteroatoms. The van der Waals surface area contributed by atoms with Crippen LogP contribution < -0.4 is 0 Å². The number of benzene rings is 1. The number of nitrogens with one attached hydrogen (secondary N) is 1. The predicted molar refractivity (Wildman–Crippen MR) is 93.2 cm³/mol. The van der Waals surface area contributed by atoms with Crippen LogP contribution in [0.1, 0.15) is 37.4 Å². The Morgan fingerprint density at radius 2 is 1.77 bits per heavy atom. The quantitative estimate of drug-likeness (QED) is 0.752. The smallest absolute Gasteiger partial charge is 0.217 e. The van der Waals surface area contributed by atoms with E-state index < -0.39 is 28.6 Å². The highest BCUT2D eigenvalue weighted by atomic mass is 79.9. The third-order valence-corrected chi connectivity index (χ3v) is 6.52. The van der Waals surface area contributed by atoms with Gasteiger partial charge in [-0.2, -0.15) is 15.8 Å². The second kappa shape index (κ2) is 5.55. The molecule has 0 radical (unpaired) electrons. The minimum Gasteiger partial charge on any atom is -0.447 e. The number of nitrogens with zero attached hydrogens (tertiary/aromatic N) is 3. The van der Waals surface area contributed by atoms with Gasteiger partial charge in [-0.15, -0.1) is 0 Å². The van der Waals surface area contributed by atoms with Crippen LogP contribution in [0.2, 0.25) is 0 Å². The lowest BCUT2D eigenvalue weighted by molar-refractivity contribution is -0.294. The van der Waals surface area contributed by atoms with Gasteiger partial charge in [0.05, 0.1) is 24.1 Å². The molecular weight excluding hydrogens is 396 g/mol. The zero-order valence-electron chi connectivity index (χ0n) is 13.8. The highest BCUT2D eigenvalue weighted by Gasteiger charge is 2.80. The molecule has 1 aromatic rings. The molecule has 130 valence electrons. The van der Waals surface area contributed by atoms with Gasteiger partial charge in [-0.25, -0.2) is 0 Å². The topological polar surface area (TPSA) is 114 Å². The summed E-state index contributed by atoms with van der Waals surface area (Å²) in [6, 6.07) is 13.5. The second-order valence-corrected chi connectivity index (χ2v) is 7.96. The Bertz CT molecular complexity index is 895. The van der Waals surface area contributed by atoms with Gasteiger partial charge in [0.15, 0.2) is 5.41 Å². The van der Waals surface area contributed by atoms with Crippen LogP contribution in [0, 0.1) is 56.2 Å². The largest absolute Gasteiger partial charge is 0.447 e. The molecular formula is C19H15BrN4O2. The van der Waals surface area contributed by atoms with Crippen molar-refractivity contribution >= 4 is 21.8 Å². The summed E-state index contributed by atoms with van der Waals surface area (Å²) >= 11 is 3.37. The summed E-state index contributed by atoms with van der Waals surface area (Å²) in [7, 11) is 0. The van der Waals surface area contributed by atoms with Gasteiger partial charge in [0.2, 0.25) is 17.1 Å². The van der Waals surface area contributed by atoms with E-state index in [1.165, 1.54) is 0 Å². The van der Waals surface area contributed by atoms with Crippen molar-refractivity contribution in [1.82, 2.24) is 0 Å². The van der Waals surface area contributed by atoms with E-state index in [2.05, 4.69) is 34.1 Å². The molecule has 2 aliphatic heterocycles. The van der Waals surface area contributed by atoms with E-state index in [0.29, 0.717) is 18.4 Å². The van der Waals surface area contributed by atoms with Crippen molar-refractivity contribution in [2.45, 2.75) is 37.6 Å². The first-order valence-electron chi connectivity index (χ1n) is 8.45. The third kappa shape index (κ3) is 1.79. The van der Waals surface area contributed by atoms with E-state index in [1.807, 2.05) is 0 Å². The summed E-state index contributed by atoms with van der Waals surface area (Å²) < 4.78 is 13.0. The summed E-state index contributed by atoms with van der Waals surface area (Å²) in [5.41, 5.74) is -2.86. The van der Waals surface area contributed by atoms with Crippen molar-refractivity contribution in [3.8, 4) is 18.2 Å². The Balaban J connectivity index is 1.99. The van der Waals surface area contributed by atoms with Gasteiger partial charge in [-0.05, 0) is 30.5 Å². The average molecular weight is 411 g/mol. The van der Waals surface area contributed by atoms with Crippen molar-refractivity contribution in [3.63, 3.8) is 0 Å². The first-order chi connectivity index (χ1) is 12.5. The predicted octanol–water partition coefficient (Wildman–Crippen LogP) is 3.96. The molecule has 1 aromatic carbocycles. The van der Waals surface area contributed by atoms with Gasteiger partial charge in [0.1, 0.15) is 6.10 Å². The van der Waals surface area contributed by atoms with E-state index in [1.54, 1.807) is 24.3 Å². The number of ether oxygens (including phenoxy) is 2. The molecule has 1 saturated carbocycles. The summed E-state index contributed by atoms with van der Waals surface area (Å²) in [5.74, 6) is -1.91. The zero-order valence-corrected chi connectivity index (χ0v) is 15.4. The molecule has 4 atom stereocenters. The molecule has 6 nitrogen and oxygen atoms in total. The lowest BCUT2D eigenvalue weighted by Gasteiger charge is -2.51. The van der Waals surface area contributed by atoms with E-state index in [0.717, 1.165) is 17.3 Å². The average Bonchev–Trinajstić information content (AvgIpc) is 2.87. The van der Waals surface area contributed by atoms with Crippen LogP contribution in [0.3, 0.4) is 0 Å². The van der Waals surface area contributed by atoms with Gasteiger partial charge in [-0.3, -0.25) is 5.41 Å². The van der Waals surface area contributed by atoms with E-state index in [-0.39, 0.29) is 5.90 Å². The molecule has 26 heavy (non-hydrogen) atoms. The van der Waals surface area contributed by atoms with Crippen molar-refractivity contribution in [1.29, 1.82) is 21.2 Å². The molecule has 3 fully saturated rings. The van der Waals surface area contributed by atoms with Crippen molar-refractivity contribution in [2.75, 3.05) is 0 Å². The van der Waals surface area contributed by atoms with Crippen LogP contribution >= 0.6 is 15.9 Å². The zero-order chi connectivity index (χ0) is 18.6. The molecule has 0 amide bonds. The summed E-state index contributed by atoms with van der Waals surface area (Å²) in [5, 5.41) is 38.7. The Labute approximate surface area is 159 Å². The first kappa shape index (κ1) is 17.0. The molecule has 0 spiro atoms. The van der Waals surface area contributed by atoms with Gasteiger partial charge in [0, 0.05) is 10.9 Å². The Morgan fingerprint density at radius 3 is 2.38 bits per heavy atom. The number of hydrogen-bond acceptors (Lipinski definition) is 6. The number of rotatable bonds is 1. The fraction of sp³-hybridized carbons (Fsp3) is 0.474. The maximum Gasteiger partial charge on any atom is 0.217 e. The Kier molecular flexibility index (Phi) is 3.63.